The van der Waals surface area contributed by atoms with Crippen LogP contribution in [0.15, 0.2) is 58.8 Å². The molecule has 0 unspecified atom stereocenters. The molecule has 0 N–H and O–H groups in total. The minimum atomic E-state index is 0.648. The first kappa shape index (κ1) is 11.2. The molecule has 0 amide bonds. The minimum absolute atomic E-state index is 0.648. The van der Waals surface area contributed by atoms with Crippen LogP contribution >= 0.6 is 0 Å². The van der Waals surface area contributed by atoms with E-state index in [1.165, 1.54) is 0 Å². The number of rotatable bonds is 3. The molecule has 0 atom stereocenters. The summed E-state index contributed by atoms with van der Waals surface area (Å²) in [5, 5.41) is 8.18. The molecule has 2 aromatic carbocycles. The zero-order chi connectivity index (χ0) is 12.1. The maximum atomic E-state index is 10.8. The van der Waals surface area contributed by atoms with E-state index < -0.39 is 0 Å². The second-order valence-electron chi connectivity index (χ2n) is 3.69. The van der Waals surface area contributed by atoms with Crippen LogP contribution in [0, 0.1) is 6.92 Å². The first-order valence-electron chi connectivity index (χ1n) is 5.32. The Hall–Kier alpha value is -2.29. The highest BCUT2D eigenvalue weighted by Crippen LogP contribution is 2.20. The molecule has 0 fully saturated rings. The fourth-order valence-corrected chi connectivity index (χ4v) is 1.43. The first-order valence-corrected chi connectivity index (χ1v) is 5.32. The van der Waals surface area contributed by atoms with Gasteiger partial charge < -0.3 is 0 Å². The SMILES string of the molecule is Cc1ccc(/N=N/c2ccccc2)cc1C=O. The van der Waals surface area contributed by atoms with Crippen molar-refractivity contribution in [1.29, 1.82) is 0 Å². The molecule has 0 saturated heterocycles. The van der Waals surface area contributed by atoms with Gasteiger partial charge in [-0.1, -0.05) is 24.3 Å². The van der Waals surface area contributed by atoms with Crippen LogP contribution in [0.5, 0.6) is 0 Å². The summed E-state index contributed by atoms with van der Waals surface area (Å²) in [5.41, 5.74) is 3.07. The molecule has 2 rings (SSSR count). The van der Waals surface area contributed by atoms with Crippen LogP contribution in [0.3, 0.4) is 0 Å². The summed E-state index contributed by atoms with van der Waals surface area (Å²) >= 11 is 0. The number of carbonyl (C=O) groups excluding carboxylic acids is 1. The van der Waals surface area contributed by atoms with Crippen molar-refractivity contribution in [3.05, 3.63) is 59.7 Å². The largest absolute Gasteiger partial charge is 0.298 e. The van der Waals surface area contributed by atoms with E-state index in [0.29, 0.717) is 11.3 Å². The van der Waals surface area contributed by atoms with Crippen LogP contribution < -0.4 is 0 Å². The van der Waals surface area contributed by atoms with E-state index in [9.17, 15) is 4.79 Å². The third-order valence-corrected chi connectivity index (χ3v) is 2.43. The number of hydrogen-bond donors (Lipinski definition) is 0. The Bertz CT molecular complexity index is 547. The molecule has 3 heteroatoms. The van der Waals surface area contributed by atoms with Crippen LogP contribution in [-0.2, 0) is 0 Å². The second kappa shape index (κ2) is 5.16. The predicted octanol–water partition coefficient (Wildman–Crippen LogP) is 4.22. The van der Waals surface area contributed by atoms with Crippen molar-refractivity contribution < 1.29 is 4.79 Å². The van der Waals surface area contributed by atoms with Crippen LogP contribution in [0.1, 0.15) is 15.9 Å². The van der Waals surface area contributed by atoms with Crippen LogP contribution in [0.4, 0.5) is 11.4 Å². The maximum absolute atomic E-state index is 10.8. The Kier molecular flexibility index (Phi) is 3.40. The van der Waals surface area contributed by atoms with Gasteiger partial charge in [0.15, 0.2) is 0 Å². The Morgan fingerprint density at radius 1 is 0.941 bits per heavy atom. The second-order valence-corrected chi connectivity index (χ2v) is 3.69. The zero-order valence-electron chi connectivity index (χ0n) is 9.50. The molecule has 0 saturated carbocycles. The fourth-order valence-electron chi connectivity index (χ4n) is 1.43. The molecule has 0 aliphatic carbocycles. The lowest BCUT2D eigenvalue weighted by Crippen LogP contribution is -1.83. The molecule has 0 aromatic heterocycles. The van der Waals surface area contributed by atoms with E-state index in [2.05, 4.69) is 10.2 Å². The lowest BCUT2D eigenvalue weighted by Gasteiger charge is -1.98. The number of aldehydes is 1. The van der Waals surface area contributed by atoms with Gasteiger partial charge in [-0.05, 0) is 36.8 Å². The number of nitrogens with zero attached hydrogens (tertiary/aromatic N) is 2. The topological polar surface area (TPSA) is 41.8 Å². The van der Waals surface area contributed by atoms with Gasteiger partial charge in [0.25, 0.3) is 0 Å². The number of benzene rings is 2. The normalized spacial score (nSPS) is 10.6. The standard InChI is InChI=1S/C14H12N2O/c1-11-7-8-14(9-12(11)10-17)16-15-13-5-3-2-4-6-13/h2-10H,1H3/b16-15+. The molecule has 0 spiro atoms. The Morgan fingerprint density at radius 3 is 2.35 bits per heavy atom. The average Bonchev–Trinajstić information content (AvgIpc) is 2.39. The Morgan fingerprint density at radius 2 is 1.65 bits per heavy atom. The highest BCUT2D eigenvalue weighted by Gasteiger charge is 1.98. The molecule has 17 heavy (non-hydrogen) atoms. The monoisotopic (exact) mass is 224 g/mol. The summed E-state index contributed by atoms with van der Waals surface area (Å²) in [5.74, 6) is 0. The number of hydrogen-bond acceptors (Lipinski definition) is 3. The summed E-state index contributed by atoms with van der Waals surface area (Å²) in [4.78, 5) is 10.8. The highest BCUT2D eigenvalue weighted by molar-refractivity contribution is 5.78. The fraction of sp³-hybridized carbons (Fsp3) is 0.0714. The van der Waals surface area contributed by atoms with Gasteiger partial charge >= 0.3 is 0 Å². The summed E-state index contributed by atoms with van der Waals surface area (Å²) in [6.45, 7) is 1.89. The van der Waals surface area contributed by atoms with E-state index in [0.717, 1.165) is 17.5 Å². The lowest BCUT2D eigenvalue weighted by molar-refractivity contribution is 0.112. The molecule has 0 radical (unpaired) electrons. The van der Waals surface area contributed by atoms with Crippen LogP contribution in [0.25, 0.3) is 0 Å². The average molecular weight is 224 g/mol. The molecule has 84 valence electrons. The van der Waals surface area contributed by atoms with Gasteiger partial charge in [-0.3, -0.25) is 4.79 Å². The van der Waals surface area contributed by atoms with E-state index in [1.54, 1.807) is 6.07 Å². The Labute approximate surface area is 99.8 Å². The van der Waals surface area contributed by atoms with Gasteiger partial charge in [-0.15, -0.1) is 0 Å². The molecule has 2 aromatic rings. The van der Waals surface area contributed by atoms with Crippen molar-refractivity contribution in [1.82, 2.24) is 0 Å². The summed E-state index contributed by atoms with van der Waals surface area (Å²) < 4.78 is 0. The van der Waals surface area contributed by atoms with Crippen molar-refractivity contribution in [2.45, 2.75) is 6.92 Å². The van der Waals surface area contributed by atoms with Crippen molar-refractivity contribution in [2.75, 3.05) is 0 Å². The van der Waals surface area contributed by atoms with Crippen molar-refractivity contribution in [3.63, 3.8) is 0 Å². The molecule has 0 heterocycles. The van der Waals surface area contributed by atoms with Crippen molar-refractivity contribution in [2.24, 2.45) is 10.2 Å². The third kappa shape index (κ3) is 2.84. The number of carbonyl (C=O) groups is 1. The van der Waals surface area contributed by atoms with Crippen LogP contribution in [-0.4, -0.2) is 6.29 Å². The third-order valence-electron chi connectivity index (χ3n) is 2.43. The van der Waals surface area contributed by atoms with E-state index >= 15 is 0 Å². The number of aryl methyl sites for hydroxylation is 1. The first-order chi connectivity index (χ1) is 8.29. The van der Waals surface area contributed by atoms with Gasteiger partial charge in [-0.2, -0.15) is 10.2 Å². The van der Waals surface area contributed by atoms with Crippen molar-refractivity contribution in [3.8, 4) is 0 Å². The summed E-state index contributed by atoms with van der Waals surface area (Å²) in [6, 6.07) is 14.9. The van der Waals surface area contributed by atoms with Crippen molar-refractivity contribution >= 4 is 17.7 Å². The van der Waals surface area contributed by atoms with Gasteiger partial charge in [0.05, 0.1) is 11.4 Å². The van der Waals surface area contributed by atoms with E-state index in [-0.39, 0.29) is 0 Å². The summed E-state index contributed by atoms with van der Waals surface area (Å²) in [6.07, 6.45) is 0.830. The van der Waals surface area contributed by atoms with Gasteiger partial charge in [-0.25, -0.2) is 0 Å². The van der Waals surface area contributed by atoms with Gasteiger partial charge in [0.1, 0.15) is 6.29 Å². The van der Waals surface area contributed by atoms with Crippen LogP contribution in [0.2, 0.25) is 0 Å². The van der Waals surface area contributed by atoms with E-state index in [4.69, 9.17) is 0 Å². The molecule has 0 aliphatic rings. The maximum Gasteiger partial charge on any atom is 0.150 e. The summed E-state index contributed by atoms with van der Waals surface area (Å²) in [7, 11) is 0. The quantitative estimate of drug-likeness (QED) is 0.568. The van der Waals surface area contributed by atoms with Gasteiger partial charge in [0.2, 0.25) is 0 Å². The predicted molar refractivity (Wildman–Crippen MR) is 67.2 cm³/mol. The van der Waals surface area contributed by atoms with Gasteiger partial charge in [0, 0.05) is 5.56 Å². The minimum Gasteiger partial charge on any atom is -0.298 e. The highest BCUT2D eigenvalue weighted by atomic mass is 16.1. The molecule has 0 aliphatic heterocycles. The molecule has 0 bridgehead atoms. The lowest BCUT2D eigenvalue weighted by atomic mass is 10.1. The Balaban J connectivity index is 2.25. The molecular formula is C14H12N2O. The molecular weight excluding hydrogens is 212 g/mol. The smallest absolute Gasteiger partial charge is 0.150 e. The van der Waals surface area contributed by atoms with E-state index in [1.807, 2.05) is 49.4 Å². The zero-order valence-corrected chi connectivity index (χ0v) is 9.50. The number of azo groups is 1. The molecule has 3 nitrogen and oxygen atoms in total.